The number of hydrogen-bond acceptors (Lipinski definition) is 7. The van der Waals surface area contributed by atoms with Crippen LogP contribution in [0.5, 0.6) is 5.75 Å². The van der Waals surface area contributed by atoms with E-state index < -0.39 is 0 Å². The summed E-state index contributed by atoms with van der Waals surface area (Å²) in [6.07, 6.45) is 3.98. The number of nitrogens with zero attached hydrogens (tertiary/aromatic N) is 3. The highest BCUT2D eigenvalue weighted by Gasteiger charge is 2.12. The number of hydrogen-bond donors (Lipinski definition) is 2. The van der Waals surface area contributed by atoms with Crippen molar-refractivity contribution in [2.24, 2.45) is 5.16 Å². The number of oxime groups is 1. The van der Waals surface area contributed by atoms with E-state index in [0.717, 1.165) is 46.2 Å². The Labute approximate surface area is 140 Å². The molecule has 1 aromatic heterocycles. The smallest absolute Gasteiger partial charge is 0.125 e. The summed E-state index contributed by atoms with van der Waals surface area (Å²) >= 11 is 1.66. The van der Waals surface area contributed by atoms with Gasteiger partial charge >= 0.3 is 0 Å². The first kappa shape index (κ1) is 17.2. The summed E-state index contributed by atoms with van der Waals surface area (Å²) in [7, 11) is 0. The molecule has 0 spiro atoms. The van der Waals surface area contributed by atoms with Gasteiger partial charge in [-0.05, 0) is 38.3 Å². The Morgan fingerprint density at radius 3 is 2.74 bits per heavy atom. The lowest BCUT2D eigenvalue weighted by Crippen LogP contribution is -2.06. The summed E-state index contributed by atoms with van der Waals surface area (Å²) in [5.74, 6) is 0.792. The second kappa shape index (κ2) is 7.92. The van der Waals surface area contributed by atoms with Gasteiger partial charge in [-0.2, -0.15) is 0 Å². The molecule has 1 aromatic carbocycles. The predicted octanol–water partition coefficient (Wildman–Crippen LogP) is 3.12. The molecule has 3 N–H and O–H groups in total. The average Bonchev–Trinajstić information content (AvgIpc) is 2.98. The van der Waals surface area contributed by atoms with E-state index in [2.05, 4.69) is 22.3 Å². The lowest BCUT2D eigenvalue weighted by Gasteiger charge is -2.15. The summed E-state index contributed by atoms with van der Waals surface area (Å²) in [5, 5.41) is 22.2. The number of nitrogens with two attached hydrogens (primary N) is 1. The zero-order valence-corrected chi connectivity index (χ0v) is 14.5. The normalized spacial score (nSPS) is 11.3. The summed E-state index contributed by atoms with van der Waals surface area (Å²) in [4.78, 5) is 0. The molecule has 0 fully saturated rings. The van der Waals surface area contributed by atoms with Crippen molar-refractivity contribution >= 4 is 23.2 Å². The first-order valence-electron chi connectivity index (χ1n) is 7.58. The Kier molecular flexibility index (Phi) is 5.92. The number of aryl methyl sites for hydroxylation is 3. The van der Waals surface area contributed by atoms with Crippen LogP contribution < -0.4 is 10.5 Å². The number of nitrogen functional groups attached to an aromatic ring is 1. The SMILES string of the molecule is CCc1nnc(CCCOc2c(C)cc(N)c(C=NO)c2C)s1. The number of ether oxygens (including phenoxy) is 1. The lowest BCUT2D eigenvalue weighted by molar-refractivity contribution is 0.306. The molecule has 0 aliphatic heterocycles. The molecule has 7 heteroatoms. The van der Waals surface area contributed by atoms with E-state index in [1.165, 1.54) is 6.21 Å². The van der Waals surface area contributed by atoms with Gasteiger partial charge in [-0.3, -0.25) is 0 Å². The van der Waals surface area contributed by atoms with Crippen LogP contribution in [0.1, 0.15) is 40.1 Å². The van der Waals surface area contributed by atoms with Crippen LogP contribution in [0.2, 0.25) is 0 Å². The van der Waals surface area contributed by atoms with Gasteiger partial charge in [0.15, 0.2) is 0 Å². The van der Waals surface area contributed by atoms with Gasteiger partial charge in [0, 0.05) is 23.2 Å². The second-order valence-corrected chi connectivity index (χ2v) is 6.44. The molecule has 0 amide bonds. The Morgan fingerprint density at radius 2 is 2.09 bits per heavy atom. The van der Waals surface area contributed by atoms with Crippen LogP contribution in [0.15, 0.2) is 11.2 Å². The van der Waals surface area contributed by atoms with E-state index in [1.807, 2.05) is 19.9 Å². The molecule has 6 nitrogen and oxygen atoms in total. The molecule has 0 atom stereocenters. The third kappa shape index (κ3) is 4.19. The molecule has 2 rings (SSSR count). The van der Waals surface area contributed by atoms with Crippen molar-refractivity contribution in [1.29, 1.82) is 0 Å². The Morgan fingerprint density at radius 1 is 1.35 bits per heavy atom. The maximum atomic E-state index is 8.75. The molecule has 124 valence electrons. The maximum Gasteiger partial charge on any atom is 0.125 e. The third-order valence-electron chi connectivity index (χ3n) is 3.57. The van der Waals surface area contributed by atoms with Crippen LogP contribution >= 0.6 is 11.3 Å². The van der Waals surface area contributed by atoms with Crippen molar-refractivity contribution in [3.63, 3.8) is 0 Å². The molecule has 23 heavy (non-hydrogen) atoms. The predicted molar refractivity (Wildman–Crippen MR) is 92.8 cm³/mol. The zero-order chi connectivity index (χ0) is 16.8. The zero-order valence-electron chi connectivity index (χ0n) is 13.7. The van der Waals surface area contributed by atoms with Gasteiger partial charge in [0.2, 0.25) is 0 Å². The standard InChI is InChI=1S/C16H22N4O2S/c1-4-14-19-20-15(23-14)6-5-7-22-16-10(2)8-13(17)12(9-18-21)11(16)3/h8-9,21H,4-7,17H2,1-3H3. The summed E-state index contributed by atoms with van der Waals surface area (Å²) in [6.45, 7) is 6.53. The fourth-order valence-corrected chi connectivity index (χ4v) is 3.22. The Bertz CT molecular complexity index is 698. The van der Waals surface area contributed by atoms with E-state index in [9.17, 15) is 0 Å². The van der Waals surface area contributed by atoms with Crippen molar-refractivity contribution in [2.75, 3.05) is 12.3 Å². The average molecular weight is 334 g/mol. The molecule has 2 aromatic rings. The monoisotopic (exact) mass is 334 g/mol. The largest absolute Gasteiger partial charge is 0.493 e. The van der Waals surface area contributed by atoms with Gasteiger partial charge in [-0.1, -0.05) is 12.1 Å². The molecule has 1 heterocycles. The van der Waals surface area contributed by atoms with Gasteiger partial charge in [-0.15, -0.1) is 21.5 Å². The van der Waals surface area contributed by atoms with E-state index in [4.69, 9.17) is 15.7 Å². The van der Waals surface area contributed by atoms with Gasteiger partial charge in [-0.25, -0.2) is 0 Å². The highest BCUT2D eigenvalue weighted by Crippen LogP contribution is 2.30. The molecule has 0 radical (unpaired) electrons. The second-order valence-electron chi connectivity index (χ2n) is 5.29. The molecular weight excluding hydrogens is 312 g/mol. The Hall–Kier alpha value is -2.15. The first-order valence-corrected chi connectivity index (χ1v) is 8.39. The summed E-state index contributed by atoms with van der Waals surface area (Å²) < 4.78 is 5.92. The number of benzene rings is 1. The van der Waals surface area contributed by atoms with Gasteiger partial charge < -0.3 is 15.7 Å². The van der Waals surface area contributed by atoms with E-state index >= 15 is 0 Å². The number of aromatic nitrogens is 2. The summed E-state index contributed by atoms with van der Waals surface area (Å²) in [6, 6.07) is 1.83. The van der Waals surface area contributed by atoms with Crippen LogP contribution in [-0.2, 0) is 12.8 Å². The highest BCUT2D eigenvalue weighted by molar-refractivity contribution is 7.11. The van der Waals surface area contributed by atoms with Crippen molar-refractivity contribution in [2.45, 2.75) is 40.0 Å². The van der Waals surface area contributed by atoms with E-state index in [0.29, 0.717) is 17.9 Å². The highest BCUT2D eigenvalue weighted by atomic mass is 32.1. The Balaban J connectivity index is 1.98. The van der Waals surface area contributed by atoms with Crippen molar-refractivity contribution in [3.8, 4) is 5.75 Å². The molecule has 0 saturated heterocycles. The fourth-order valence-electron chi connectivity index (χ4n) is 2.39. The van der Waals surface area contributed by atoms with Crippen LogP contribution in [-0.4, -0.2) is 28.2 Å². The minimum absolute atomic E-state index is 0.575. The molecular formula is C16H22N4O2S. The van der Waals surface area contributed by atoms with Crippen LogP contribution in [0.4, 0.5) is 5.69 Å². The van der Waals surface area contributed by atoms with Crippen molar-refractivity contribution in [3.05, 3.63) is 32.8 Å². The molecule has 0 bridgehead atoms. The van der Waals surface area contributed by atoms with Crippen LogP contribution in [0.3, 0.4) is 0 Å². The molecule has 0 aliphatic carbocycles. The van der Waals surface area contributed by atoms with Crippen LogP contribution in [0, 0.1) is 13.8 Å². The minimum Gasteiger partial charge on any atom is -0.493 e. The summed E-state index contributed by atoms with van der Waals surface area (Å²) in [5.41, 5.74) is 9.06. The molecule has 0 aliphatic rings. The molecule has 0 saturated carbocycles. The van der Waals surface area contributed by atoms with Gasteiger partial charge in [0.25, 0.3) is 0 Å². The first-order chi connectivity index (χ1) is 11.1. The van der Waals surface area contributed by atoms with Gasteiger partial charge in [0.05, 0.1) is 12.8 Å². The quantitative estimate of drug-likeness (QED) is 0.267. The van der Waals surface area contributed by atoms with E-state index in [-0.39, 0.29) is 0 Å². The lowest BCUT2D eigenvalue weighted by atomic mass is 10.0. The maximum absolute atomic E-state index is 8.75. The third-order valence-corrected chi connectivity index (χ3v) is 4.69. The van der Waals surface area contributed by atoms with Gasteiger partial charge in [0.1, 0.15) is 15.8 Å². The topological polar surface area (TPSA) is 93.6 Å². The number of anilines is 1. The van der Waals surface area contributed by atoms with Crippen molar-refractivity contribution in [1.82, 2.24) is 10.2 Å². The van der Waals surface area contributed by atoms with Crippen LogP contribution in [0.25, 0.3) is 0 Å². The fraction of sp³-hybridized carbons (Fsp3) is 0.438. The minimum atomic E-state index is 0.575. The van der Waals surface area contributed by atoms with E-state index in [1.54, 1.807) is 11.3 Å². The molecule has 0 unspecified atom stereocenters. The number of rotatable bonds is 7. The van der Waals surface area contributed by atoms with Crippen molar-refractivity contribution < 1.29 is 9.94 Å².